The zero-order valence-electron chi connectivity index (χ0n) is 20.1. The molecule has 2 aromatic rings. The van der Waals surface area contributed by atoms with Gasteiger partial charge in [0, 0.05) is 48.8 Å². The van der Waals surface area contributed by atoms with Crippen LogP contribution in [0, 0.1) is 17.7 Å². The van der Waals surface area contributed by atoms with E-state index in [9.17, 15) is 36.3 Å². The smallest absolute Gasteiger partial charge is 0.407 e. The Bertz CT molecular complexity index is 1330. The first-order valence-corrected chi connectivity index (χ1v) is 12.1. The number of piperidine rings is 1. The van der Waals surface area contributed by atoms with Gasteiger partial charge in [-0.1, -0.05) is 18.2 Å². The summed E-state index contributed by atoms with van der Waals surface area (Å²) in [5.74, 6) is -2.06. The lowest BCUT2D eigenvalue weighted by molar-refractivity contribution is 0.0648. The zero-order chi connectivity index (χ0) is 27.5. The molecule has 2 heterocycles. The maximum absolute atomic E-state index is 14.7. The van der Waals surface area contributed by atoms with E-state index in [2.05, 4.69) is 10.6 Å². The number of alkyl halides is 4. The molecule has 4 atom stereocenters. The molecule has 13 heteroatoms. The van der Waals surface area contributed by atoms with E-state index >= 15 is 0 Å². The van der Waals surface area contributed by atoms with Crippen LogP contribution in [0.4, 0.5) is 32.4 Å². The molecule has 2 aliphatic carbocycles. The number of fused-ring (bicyclic) bond motifs is 1. The molecule has 2 saturated carbocycles. The Morgan fingerprint density at radius 1 is 1.11 bits per heavy atom. The normalized spacial score (nSPS) is 23.8. The van der Waals surface area contributed by atoms with Gasteiger partial charge in [0.1, 0.15) is 11.4 Å². The van der Waals surface area contributed by atoms with E-state index in [1.807, 2.05) is 0 Å². The van der Waals surface area contributed by atoms with Crippen LogP contribution in [0.1, 0.15) is 53.7 Å². The van der Waals surface area contributed by atoms with E-state index in [0.717, 1.165) is 22.9 Å². The van der Waals surface area contributed by atoms with Crippen LogP contribution >= 0.6 is 0 Å². The van der Waals surface area contributed by atoms with Gasteiger partial charge in [-0.05, 0) is 19.8 Å². The number of carbonyl (C=O) groups is 2. The van der Waals surface area contributed by atoms with Gasteiger partial charge in [-0.2, -0.15) is 0 Å². The molecule has 1 saturated heterocycles. The molecule has 1 aromatic carbocycles. The highest BCUT2D eigenvalue weighted by Crippen LogP contribution is 2.49. The number of nitrogens with one attached hydrogen (secondary N) is 2. The fourth-order valence-electron chi connectivity index (χ4n) is 5.37. The highest BCUT2D eigenvalue weighted by molar-refractivity contribution is 5.99. The number of hydrogen-bond donors (Lipinski definition) is 3. The summed E-state index contributed by atoms with van der Waals surface area (Å²) in [5, 5.41) is 14.8. The number of halogens is 5. The van der Waals surface area contributed by atoms with E-state index in [-0.39, 0.29) is 60.6 Å². The Hall–Kier alpha value is -3.64. The molecule has 2 amide bonds. The van der Waals surface area contributed by atoms with Crippen LogP contribution in [0.3, 0.4) is 0 Å². The lowest BCUT2D eigenvalue weighted by Gasteiger charge is -2.23. The molecular formula is C25H25F5N4O4. The third kappa shape index (κ3) is 4.37. The number of carbonyl (C=O) groups excluding carboxylic acids is 1. The number of hydrogen-bond acceptors (Lipinski definition) is 4. The Morgan fingerprint density at radius 3 is 2.29 bits per heavy atom. The predicted octanol–water partition coefficient (Wildman–Crippen LogP) is 4.19. The summed E-state index contributed by atoms with van der Waals surface area (Å²) >= 11 is 0. The van der Waals surface area contributed by atoms with Crippen molar-refractivity contribution in [2.75, 3.05) is 18.4 Å². The summed E-state index contributed by atoms with van der Waals surface area (Å²) in [4.78, 5) is 38.6. The first-order valence-electron chi connectivity index (χ1n) is 12.1. The van der Waals surface area contributed by atoms with Crippen molar-refractivity contribution < 1.29 is 36.6 Å². The van der Waals surface area contributed by atoms with Crippen LogP contribution in [-0.2, 0) is 5.54 Å². The van der Waals surface area contributed by atoms with Gasteiger partial charge in [0.05, 0.1) is 22.9 Å². The number of carboxylic acid groups (broad SMARTS) is 1. The maximum Gasteiger partial charge on any atom is 0.407 e. The van der Waals surface area contributed by atoms with Crippen molar-refractivity contribution in [2.45, 2.75) is 50.2 Å². The summed E-state index contributed by atoms with van der Waals surface area (Å²) in [5.41, 5.74) is -3.52. The van der Waals surface area contributed by atoms with Crippen LogP contribution in [0.2, 0.25) is 0 Å². The number of pyridine rings is 1. The molecule has 3 N–H and O–H groups in total. The van der Waals surface area contributed by atoms with Gasteiger partial charge in [-0.15, -0.1) is 0 Å². The second-order valence-corrected chi connectivity index (χ2v) is 10.1. The highest BCUT2D eigenvalue weighted by Gasteiger charge is 2.57. The average Bonchev–Trinajstić information content (AvgIpc) is 3.73. The minimum Gasteiger partial charge on any atom is -0.465 e. The van der Waals surface area contributed by atoms with Crippen molar-refractivity contribution in [2.24, 2.45) is 11.8 Å². The Balaban J connectivity index is 1.44. The van der Waals surface area contributed by atoms with Crippen molar-refractivity contribution in [1.29, 1.82) is 0 Å². The van der Waals surface area contributed by atoms with Crippen molar-refractivity contribution in [1.82, 2.24) is 14.8 Å². The Morgan fingerprint density at radius 2 is 1.74 bits per heavy atom. The molecule has 204 valence electrons. The molecule has 3 aliphatic rings. The molecule has 1 aromatic heterocycles. The van der Waals surface area contributed by atoms with E-state index in [1.54, 1.807) is 0 Å². The summed E-state index contributed by atoms with van der Waals surface area (Å²) < 4.78 is 69.4. The van der Waals surface area contributed by atoms with Crippen LogP contribution in [0.5, 0.6) is 0 Å². The number of aromatic nitrogens is 1. The minimum atomic E-state index is -3.06. The van der Waals surface area contributed by atoms with E-state index < -0.39 is 53.4 Å². The summed E-state index contributed by atoms with van der Waals surface area (Å²) in [6.07, 6.45) is -5.78. The summed E-state index contributed by atoms with van der Waals surface area (Å²) in [6.45, 7) is 1.95. The topological polar surface area (TPSA) is 104 Å². The van der Waals surface area contributed by atoms with Gasteiger partial charge in [0.25, 0.3) is 24.3 Å². The highest BCUT2D eigenvalue weighted by atomic mass is 19.3. The van der Waals surface area contributed by atoms with Gasteiger partial charge in [0.2, 0.25) is 0 Å². The first kappa shape index (κ1) is 26.0. The molecule has 0 radical (unpaired) electrons. The fourth-order valence-corrected chi connectivity index (χ4v) is 5.37. The van der Waals surface area contributed by atoms with Gasteiger partial charge in [-0.3, -0.25) is 9.59 Å². The van der Waals surface area contributed by atoms with Crippen molar-refractivity contribution in [3.05, 3.63) is 63.3 Å². The van der Waals surface area contributed by atoms with E-state index in [4.69, 9.17) is 5.11 Å². The van der Waals surface area contributed by atoms with E-state index in [1.165, 1.54) is 24.0 Å². The van der Waals surface area contributed by atoms with Crippen LogP contribution in [0.15, 0.2) is 35.3 Å². The number of amides is 2. The van der Waals surface area contributed by atoms with Crippen LogP contribution < -0.4 is 16.2 Å². The fraction of sp³-hybridized carbons (Fsp3) is 0.480. The molecule has 0 unspecified atom stereocenters. The van der Waals surface area contributed by atoms with Gasteiger partial charge >= 0.3 is 6.09 Å². The summed E-state index contributed by atoms with van der Waals surface area (Å²) in [7, 11) is 0. The van der Waals surface area contributed by atoms with Crippen molar-refractivity contribution in [3.8, 4) is 0 Å². The Labute approximate surface area is 213 Å². The zero-order valence-corrected chi connectivity index (χ0v) is 20.1. The number of benzene rings is 1. The molecule has 5 rings (SSSR count). The first-order chi connectivity index (χ1) is 17.9. The molecule has 8 nitrogen and oxygen atoms in total. The van der Waals surface area contributed by atoms with Crippen molar-refractivity contribution >= 4 is 17.7 Å². The van der Waals surface area contributed by atoms with Gasteiger partial charge < -0.3 is 25.2 Å². The third-order valence-electron chi connectivity index (χ3n) is 7.84. The average molecular weight is 540 g/mol. The number of anilines is 1. The second-order valence-electron chi connectivity index (χ2n) is 10.1. The summed E-state index contributed by atoms with van der Waals surface area (Å²) in [6, 6.07) is 3.19. The van der Waals surface area contributed by atoms with Crippen molar-refractivity contribution in [3.63, 3.8) is 0 Å². The second kappa shape index (κ2) is 9.28. The Kier molecular flexibility index (Phi) is 6.35. The SMILES string of the molecule is C[C@@H](NC(=O)c1cn(C2(C(F)F)CC2)c(=O)cc1N[C@@H]1[C@@H]2CN(C(=O)O)C[C@@H]21)c1cccc(C(F)F)c1F. The lowest BCUT2D eigenvalue weighted by atomic mass is 10.0. The molecule has 0 spiro atoms. The molecule has 3 fully saturated rings. The lowest BCUT2D eigenvalue weighted by Crippen LogP contribution is -2.38. The van der Waals surface area contributed by atoms with Crippen LogP contribution in [-0.4, -0.2) is 52.1 Å². The largest absolute Gasteiger partial charge is 0.465 e. The van der Waals surface area contributed by atoms with E-state index in [0.29, 0.717) is 0 Å². The quantitative estimate of drug-likeness (QED) is 0.436. The molecule has 38 heavy (non-hydrogen) atoms. The third-order valence-corrected chi connectivity index (χ3v) is 7.84. The van der Waals surface area contributed by atoms with Crippen LogP contribution in [0.25, 0.3) is 0 Å². The van der Waals surface area contributed by atoms with Gasteiger partial charge in [0.15, 0.2) is 0 Å². The minimum absolute atomic E-state index is 0.0367. The standard InChI is InChI=1S/C25H25F5N4O4/c1-11(12-3-2-4-13(19(12)26)21(27)28)31-22(36)16-10-34(25(5-6-25)23(29)30)18(35)7-17(16)32-20-14-8-33(24(37)38)9-15(14)20/h2-4,7,10-11,14-15,20-21,23,32H,5-6,8-9H2,1H3,(H,31,36)(H,37,38)/t11-,14-,15+,20-/m1/s1. The number of likely N-dealkylation sites (tertiary alicyclic amines) is 1. The molecular weight excluding hydrogens is 515 g/mol. The maximum atomic E-state index is 14.7. The number of rotatable bonds is 8. The molecule has 1 aliphatic heterocycles. The van der Waals surface area contributed by atoms with Gasteiger partial charge in [-0.25, -0.2) is 26.7 Å². The predicted molar refractivity (Wildman–Crippen MR) is 125 cm³/mol. The molecule has 0 bridgehead atoms. The monoisotopic (exact) mass is 540 g/mol. The number of nitrogens with zero attached hydrogens (tertiary/aromatic N) is 2.